The van der Waals surface area contributed by atoms with E-state index in [2.05, 4.69) is 0 Å². The maximum Gasteiger partial charge on any atom is 0.216 e. The summed E-state index contributed by atoms with van der Waals surface area (Å²) in [6.45, 7) is 0. The molecule has 2 rings (SSSR count). The third-order valence-electron chi connectivity index (χ3n) is 1.84. The minimum atomic E-state index is 0. The Kier molecular flexibility index (Phi) is 3.48. The molecule has 0 saturated carbocycles. The molecule has 1 aromatic heterocycles. The number of nitrogens with zero attached hydrogens (tertiary/aromatic N) is 1. The van der Waals surface area contributed by atoms with Gasteiger partial charge >= 0.3 is 0 Å². The Labute approximate surface area is 88.9 Å². The van der Waals surface area contributed by atoms with Crippen molar-refractivity contribution in [3.63, 3.8) is 0 Å². The van der Waals surface area contributed by atoms with Gasteiger partial charge < -0.3 is 17.5 Å². The minimum absolute atomic E-state index is 0. The molecule has 0 saturated heterocycles. The van der Waals surface area contributed by atoms with Crippen molar-refractivity contribution in [2.45, 2.75) is 0 Å². The van der Waals surface area contributed by atoms with E-state index in [1.165, 1.54) is 0 Å². The fourth-order valence-corrected chi connectivity index (χ4v) is 1.22. The standard InChI is InChI=1S/C11H9NO.ClH/c13-11-7-4-8-12(9-11)10-5-2-1-3-6-10;/h1-9H;1H. The van der Waals surface area contributed by atoms with Crippen molar-refractivity contribution in [2.75, 3.05) is 0 Å². The summed E-state index contributed by atoms with van der Waals surface area (Å²) in [5.41, 5.74) is 1.04. The van der Waals surface area contributed by atoms with E-state index in [-0.39, 0.29) is 18.2 Å². The highest BCUT2D eigenvalue weighted by Crippen LogP contribution is 2.04. The van der Waals surface area contributed by atoms with Crippen LogP contribution >= 0.6 is 0 Å². The normalized spacial score (nSPS) is 9.14. The molecule has 2 nitrogen and oxygen atoms in total. The molecule has 0 aliphatic rings. The highest BCUT2D eigenvalue weighted by atomic mass is 35.5. The zero-order chi connectivity index (χ0) is 9.10. The summed E-state index contributed by atoms with van der Waals surface area (Å²) in [6.07, 6.45) is 3.57. The van der Waals surface area contributed by atoms with Crippen LogP contribution in [0.15, 0.2) is 54.9 Å². The summed E-state index contributed by atoms with van der Waals surface area (Å²) in [5, 5.41) is 9.25. The van der Waals surface area contributed by atoms with Gasteiger partial charge in [0.25, 0.3) is 0 Å². The molecule has 0 aliphatic heterocycles. The molecule has 0 spiro atoms. The third-order valence-corrected chi connectivity index (χ3v) is 1.84. The van der Waals surface area contributed by atoms with Crippen LogP contribution in [0.25, 0.3) is 5.69 Å². The Bertz CT molecular complexity index is 403. The number of rotatable bonds is 1. The Morgan fingerprint density at radius 2 is 1.64 bits per heavy atom. The molecule has 3 heteroatoms. The van der Waals surface area contributed by atoms with E-state index < -0.39 is 0 Å². The van der Waals surface area contributed by atoms with Gasteiger partial charge in [0.15, 0.2) is 11.9 Å². The van der Waals surface area contributed by atoms with Crippen LogP contribution in [0.3, 0.4) is 0 Å². The van der Waals surface area contributed by atoms with Gasteiger partial charge in [0.1, 0.15) is 0 Å². The topological polar surface area (TPSA) is 24.1 Å². The van der Waals surface area contributed by atoms with Crippen LogP contribution in [0.4, 0.5) is 0 Å². The van der Waals surface area contributed by atoms with Gasteiger partial charge in [-0.2, -0.15) is 4.57 Å². The average molecular weight is 208 g/mol. The summed E-state index contributed by atoms with van der Waals surface area (Å²) in [6, 6.07) is 13.3. The Balaban J connectivity index is 0.000000980. The van der Waals surface area contributed by atoms with Gasteiger partial charge in [-0.1, -0.05) is 18.2 Å². The van der Waals surface area contributed by atoms with E-state index >= 15 is 0 Å². The molecule has 0 unspecified atom stereocenters. The number of hydrogen-bond donors (Lipinski definition) is 1. The van der Waals surface area contributed by atoms with Gasteiger partial charge in [0.2, 0.25) is 11.9 Å². The van der Waals surface area contributed by atoms with E-state index in [1.807, 2.05) is 47.2 Å². The van der Waals surface area contributed by atoms with Crippen molar-refractivity contribution in [3.8, 4) is 11.4 Å². The van der Waals surface area contributed by atoms with Crippen molar-refractivity contribution in [1.29, 1.82) is 0 Å². The molecule has 14 heavy (non-hydrogen) atoms. The van der Waals surface area contributed by atoms with Crippen LogP contribution < -0.4 is 17.0 Å². The second kappa shape index (κ2) is 4.63. The minimum Gasteiger partial charge on any atom is -1.00 e. The Hall–Kier alpha value is -1.54. The van der Waals surface area contributed by atoms with Crippen molar-refractivity contribution in [3.05, 3.63) is 54.9 Å². The van der Waals surface area contributed by atoms with Crippen LogP contribution in [-0.2, 0) is 0 Å². The number of aromatic hydroxyl groups is 1. The van der Waals surface area contributed by atoms with E-state index in [9.17, 15) is 5.11 Å². The first kappa shape index (κ1) is 10.5. The van der Waals surface area contributed by atoms with E-state index in [4.69, 9.17) is 0 Å². The summed E-state index contributed by atoms with van der Waals surface area (Å²) in [4.78, 5) is 0. The molecule has 1 aromatic carbocycles. The van der Waals surface area contributed by atoms with Crippen LogP contribution in [0.2, 0.25) is 0 Å². The smallest absolute Gasteiger partial charge is 0.216 e. The van der Waals surface area contributed by atoms with Crippen LogP contribution in [0.5, 0.6) is 5.75 Å². The number of para-hydroxylation sites is 1. The lowest BCUT2D eigenvalue weighted by Crippen LogP contribution is -3.00. The second-order valence-electron chi connectivity index (χ2n) is 2.80. The Morgan fingerprint density at radius 3 is 2.29 bits per heavy atom. The summed E-state index contributed by atoms with van der Waals surface area (Å²) < 4.78 is 1.87. The van der Waals surface area contributed by atoms with Crippen LogP contribution in [-0.4, -0.2) is 5.11 Å². The number of aromatic nitrogens is 1. The van der Waals surface area contributed by atoms with Crippen LogP contribution in [0.1, 0.15) is 0 Å². The van der Waals surface area contributed by atoms with Crippen molar-refractivity contribution in [2.24, 2.45) is 0 Å². The maximum atomic E-state index is 9.25. The summed E-state index contributed by atoms with van der Waals surface area (Å²) in [7, 11) is 0. The fourth-order valence-electron chi connectivity index (χ4n) is 1.22. The van der Waals surface area contributed by atoms with E-state index in [1.54, 1.807) is 12.3 Å². The predicted octanol–water partition coefficient (Wildman–Crippen LogP) is -1.33. The van der Waals surface area contributed by atoms with Gasteiger partial charge in [-0.05, 0) is 6.07 Å². The van der Waals surface area contributed by atoms with Crippen LogP contribution in [0, 0.1) is 0 Å². The van der Waals surface area contributed by atoms with Gasteiger partial charge in [-0.3, -0.25) is 0 Å². The second-order valence-corrected chi connectivity index (χ2v) is 2.80. The molecular weight excluding hydrogens is 198 g/mol. The van der Waals surface area contributed by atoms with Gasteiger partial charge in [0.05, 0.1) is 0 Å². The number of halogens is 1. The van der Waals surface area contributed by atoms with Crippen molar-refractivity contribution < 1.29 is 22.1 Å². The molecule has 0 aliphatic carbocycles. The largest absolute Gasteiger partial charge is 1.00 e. The predicted molar refractivity (Wildman–Crippen MR) is 49.6 cm³/mol. The fraction of sp³-hybridized carbons (Fsp3) is 0. The monoisotopic (exact) mass is 207 g/mol. The lowest BCUT2D eigenvalue weighted by Gasteiger charge is -1.94. The molecule has 0 fully saturated rings. The maximum absolute atomic E-state index is 9.25. The first-order valence-corrected chi connectivity index (χ1v) is 4.12. The average Bonchev–Trinajstić information content (AvgIpc) is 2.19. The van der Waals surface area contributed by atoms with Crippen molar-refractivity contribution >= 4 is 0 Å². The summed E-state index contributed by atoms with van der Waals surface area (Å²) >= 11 is 0. The highest BCUT2D eigenvalue weighted by Gasteiger charge is 2.03. The zero-order valence-electron chi connectivity index (χ0n) is 7.47. The zero-order valence-corrected chi connectivity index (χ0v) is 8.22. The Morgan fingerprint density at radius 1 is 0.929 bits per heavy atom. The molecule has 0 bridgehead atoms. The molecule has 0 atom stereocenters. The SMILES string of the molecule is Oc1ccc[n+](-c2ccccc2)c1.[Cl-]. The first-order chi connectivity index (χ1) is 6.36. The molecule has 1 N–H and O–H groups in total. The molecular formula is C11H10ClNO. The van der Waals surface area contributed by atoms with E-state index in [0.717, 1.165) is 5.69 Å². The van der Waals surface area contributed by atoms with Gasteiger partial charge in [-0.25, -0.2) is 0 Å². The lowest BCUT2D eigenvalue weighted by atomic mass is 10.3. The number of pyridine rings is 1. The molecule has 72 valence electrons. The van der Waals surface area contributed by atoms with E-state index in [0.29, 0.717) is 0 Å². The van der Waals surface area contributed by atoms with Crippen molar-refractivity contribution in [1.82, 2.24) is 0 Å². The highest BCUT2D eigenvalue weighted by molar-refractivity contribution is 5.22. The molecule has 2 aromatic rings. The number of hydrogen-bond acceptors (Lipinski definition) is 1. The van der Waals surface area contributed by atoms with Gasteiger partial charge in [0, 0.05) is 18.2 Å². The molecule has 0 radical (unpaired) electrons. The summed E-state index contributed by atoms with van der Waals surface area (Å²) in [5.74, 6) is 0.270. The third kappa shape index (κ3) is 2.24. The molecule has 1 heterocycles. The lowest BCUT2D eigenvalue weighted by molar-refractivity contribution is -0.596. The molecule has 0 amide bonds. The quantitative estimate of drug-likeness (QED) is 0.576. The number of benzene rings is 1. The van der Waals surface area contributed by atoms with Gasteiger partial charge in [-0.15, -0.1) is 0 Å². The first-order valence-electron chi connectivity index (χ1n) is 4.12.